The minimum absolute atomic E-state index is 0.0793. The number of carbonyl (C=O) groups excluding carboxylic acids is 1. The number of carbonyl (C=O) groups is 1. The Hall–Kier alpha value is -1.82. The van der Waals surface area contributed by atoms with Crippen molar-refractivity contribution in [3.8, 4) is 5.75 Å². The number of nitrogens with one attached hydrogen (secondary N) is 1. The van der Waals surface area contributed by atoms with E-state index in [9.17, 15) is 13.2 Å². The monoisotopic (exact) mass is 297 g/mol. The lowest BCUT2D eigenvalue weighted by atomic mass is 10.2. The third-order valence-corrected chi connectivity index (χ3v) is 3.47. The van der Waals surface area contributed by atoms with Crippen molar-refractivity contribution in [1.82, 2.24) is 5.32 Å². The Bertz CT molecular complexity index is 574. The highest BCUT2D eigenvalue weighted by Gasteiger charge is 2.08. The number of benzene rings is 1. The van der Waals surface area contributed by atoms with E-state index in [1.54, 1.807) is 30.3 Å². The maximum atomic E-state index is 11.4. The van der Waals surface area contributed by atoms with Crippen LogP contribution < -0.4 is 9.50 Å². The summed E-state index contributed by atoms with van der Waals surface area (Å²) in [6.07, 6.45) is 3.08. The van der Waals surface area contributed by atoms with Crippen molar-refractivity contribution in [3.63, 3.8) is 0 Å². The smallest absolute Gasteiger partial charge is 0.308 e. The summed E-state index contributed by atoms with van der Waals surface area (Å²) in [5, 5.41) is 2.73. The molecule has 1 N–H and O–H groups in total. The first-order chi connectivity index (χ1) is 9.32. The summed E-state index contributed by atoms with van der Waals surface area (Å²) in [6.45, 7) is 5.28. The summed E-state index contributed by atoms with van der Waals surface area (Å²) in [6, 6.07) is 6.54. The molecule has 0 fully saturated rings. The second-order valence-electron chi connectivity index (χ2n) is 4.50. The highest BCUT2D eigenvalue weighted by Crippen LogP contribution is 2.15. The first-order valence-corrected chi connectivity index (χ1v) is 7.91. The molecule has 0 spiro atoms. The lowest BCUT2D eigenvalue weighted by Gasteiger charge is -2.05. The van der Waals surface area contributed by atoms with Crippen molar-refractivity contribution in [2.24, 2.45) is 0 Å². The van der Waals surface area contributed by atoms with Crippen molar-refractivity contribution < 1.29 is 17.4 Å². The third-order valence-electron chi connectivity index (χ3n) is 2.31. The minimum atomic E-state index is -3.51. The van der Waals surface area contributed by atoms with Gasteiger partial charge in [0.2, 0.25) is 5.91 Å². The van der Waals surface area contributed by atoms with Gasteiger partial charge in [-0.1, -0.05) is 12.1 Å². The summed E-state index contributed by atoms with van der Waals surface area (Å²) in [5.41, 5.74) is 0.783. The predicted octanol–water partition coefficient (Wildman–Crippen LogP) is 1.95. The molecule has 110 valence electrons. The fourth-order valence-corrected chi connectivity index (χ4v) is 1.87. The second kappa shape index (κ2) is 7.09. The van der Waals surface area contributed by atoms with Crippen LogP contribution >= 0.6 is 0 Å². The molecule has 5 nitrogen and oxygen atoms in total. The molecule has 6 heteroatoms. The van der Waals surface area contributed by atoms with Gasteiger partial charge in [0.05, 0.1) is 5.75 Å². The zero-order chi connectivity index (χ0) is 15.2. The maximum absolute atomic E-state index is 11.4. The van der Waals surface area contributed by atoms with Crippen LogP contribution in [0.5, 0.6) is 5.75 Å². The normalized spacial score (nSPS) is 11.8. The molecule has 20 heavy (non-hydrogen) atoms. The molecule has 1 rings (SSSR count). The van der Waals surface area contributed by atoms with Gasteiger partial charge in [-0.05, 0) is 44.5 Å². The molecule has 0 aromatic heterocycles. The molecule has 0 aliphatic carbocycles. The van der Waals surface area contributed by atoms with Crippen LogP contribution in [0.25, 0.3) is 6.08 Å². The van der Waals surface area contributed by atoms with Crippen LogP contribution in [0.3, 0.4) is 0 Å². The van der Waals surface area contributed by atoms with E-state index in [0.29, 0.717) is 0 Å². The largest absolute Gasteiger partial charge is 0.382 e. The van der Waals surface area contributed by atoms with Crippen LogP contribution in [-0.2, 0) is 14.9 Å². The number of rotatable bonds is 6. The quantitative estimate of drug-likeness (QED) is 0.643. The van der Waals surface area contributed by atoms with E-state index >= 15 is 0 Å². The summed E-state index contributed by atoms with van der Waals surface area (Å²) < 4.78 is 27.4. The zero-order valence-electron chi connectivity index (χ0n) is 11.8. The summed E-state index contributed by atoms with van der Waals surface area (Å²) in [4.78, 5) is 11.4. The van der Waals surface area contributed by atoms with Gasteiger partial charge >= 0.3 is 10.1 Å². The van der Waals surface area contributed by atoms with E-state index in [2.05, 4.69) is 5.32 Å². The second-order valence-corrected chi connectivity index (χ2v) is 6.35. The summed E-state index contributed by atoms with van der Waals surface area (Å²) >= 11 is 0. The van der Waals surface area contributed by atoms with Gasteiger partial charge in [-0.25, -0.2) is 0 Å². The molecular formula is C14H19NO4S. The molecule has 0 saturated heterocycles. The number of hydrogen-bond donors (Lipinski definition) is 1. The lowest BCUT2D eigenvalue weighted by molar-refractivity contribution is -0.116. The van der Waals surface area contributed by atoms with Crippen LogP contribution in [0.4, 0.5) is 0 Å². The van der Waals surface area contributed by atoms with Crippen molar-refractivity contribution >= 4 is 22.1 Å². The van der Waals surface area contributed by atoms with E-state index in [0.717, 1.165) is 5.56 Å². The van der Waals surface area contributed by atoms with Gasteiger partial charge in [0.25, 0.3) is 0 Å². The van der Waals surface area contributed by atoms with Gasteiger partial charge in [-0.15, -0.1) is 0 Å². The molecule has 0 heterocycles. The SMILES string of the molecule is CCS(=O)(=O)Oc1ccc(/C=C/C(=O)NC(C)C)cc1. The van der Waals surface area contributed by atoms with E-state index in [-0.39, 0.29) is 23.5 Å². The van der Waals surface area contributed by atoms with Crippen LogP contribution in [-0.4, -0.2) is 26.1 Å². The summed E-state index contributed by atoms with van der Waals surface area (Å²) in [7, 11) is -3.51. The van der Waals surface area contributed by atoms with Crippen molar-refractivity contribution in [2.75, 3.05) is 5.75 Å². The summed E-state index contributed by atoms with van der Waals surface area (Å²) in [5.74, 6) is 0.00818. The third kappa shape index (κ3) is 5.88. The number of amides is 1. The molecule has 0 aliphatic rings. The molecular weight excluding hydrogens is 278 g/mol. The highest BCUT2D eigenvalue weighted by molar-refractivity contribution is 7.87. The molecule has 1 aromatic rings. The van der Waals surface area contributed by atoms with E-state index in [4.69, 9.17) is 4.18 Å². The topological polar surface area (TPSA) is 72.5 Å². The molecule has 0 unspecified atom stereocenters. The van der Waals surface area contributed by atoms with Crippen LogP contribution in [0.2, 0.25) is 0 Å². The van der Waals surface area contributed by atoms with Gasteiger partial charge in [0.15, 0.2) is 0 Å². The standard InChI is InChI=1S/C14H19NO4S/c1-4-20(17,18)19-13-8-5-12(6-9-13)7-10-14(16)15-11(2)3/h5-11H,4H2,1-3H3,(H,15,16)/b10-7+. The van der Waals surface area contributed by atoms with E-state index in [1.807, 2.05) is 13.8 Å². The first kappa shape index (κ1) is 16.2. The van der Waals surface area contributed by atoms with Gasteiger partial charge < -0.3 is 9.50 Å². The Morgan fingerprint density at radius 3 is 2.40 bits per heavy atom. The molecule has 0 radical (unpaired) electrons. The van der Waals surface area contributed by atoms with Crippen LogP contribution in [0.1, 0.15) is 26.3 Å². The van der Waals surface area contributed by atoms with Gasteiger partial charge in [-0.2, -0.15) is 8.42 Å². The minimum Gasteiger partial charge on any atom is -0.382 e. The molecule has 0 saturated carbocycles. The van der Waals surface area contributed by atoms with Crippen molar-refractivity contribution in [3.05, 3.63) is 35.9 Å². The molecule has 0 atom stereocenters. The average Bonchev–Trinajstić information content (AvgIpc) is 2.37. The highest BCUT2D eigenvalue weighted by atomic mass is 32.2. The fourth-order valence-electron chi connectivity index (χ4n) is 1.34. The Morgan fingerprint density at radius 1 is 1.30 bits per heavy atom. The molecule has 1 aromatic carbocycles. The average molecular weight is 297 g/mol. The zero-order valence-corrected chi connectivity index (χ0v) is 12.6. The van der Waals surface area contributed by atoms with E-state index in [1.165, 1.54) is 13.0 Å². The van der Waals surface area contributed by atoms with Gasteiger partial charge in [0, 0.05) is 12.1 Å². The maximum Gasteiger partial charge on any atom is 0.308 e. The molecule has 0 bridgehead atoms. The van der Waals surface area contributed by atoms with Crippen LogP contribution in [0, 0.1) is 0 Å². The first-order valence-electron chi connectivity index (χ1n) is 6.33. The van der Waals surface area contributed by atoms with E-state index < -0.39 is 10.1 Å². The fraction of sp³-hybridized carbons (Fsp3) is 0.357. The van der Waals surface area contributed by atoms with Crippen molar-refractivity contribution in [1.29, 1.82) is 0 Å². The Morgan fingerprint density at radius 2 is 1.90 bits per heavy atom. The Balaban J connectivity index is 2.68. The Kier molecular flexibility index (Phi) is 5.76. The lowest BCUT2D eigenvalue weighted by Crippen LogP contribution is -2.28. The Labute approximate surface area is 119 Å². The number of hydrogen-bond acceptors (Lipinski definition) is 4. The van der Waals surface area contributed by atoms with Crippen molar-refractivity contribution in [2.45, 2.75) is 26.8 Å². The molecule has 1 amide bonds. The predicted molar refractivity (Wildman–Crippen MR) is 78.8 cm³/mol. The van der Waals surface area contributed by atoms with Gasteiger partial charge in [-0.3, -0.25) is 4.79 Å². The van der Waals surface area contributed by atoms with Crippen LogP contribution in [0.15, 0.2) is 30.3 Å². The molecule has 0 aliphatic heterocycles. The van der Waals surface area contributed by atoms with Gasteiger partial charge in [0.1, 0.15) is 5.75 Å².